The molecule has 3 heteroatoms. The molecule has 0 aliphatic carbocycles. The fourth-order valence-electron chi connectivity index (χ4n) is 1.92. The van der Waals surface area contributed by atoms with E-state index in [1.807, 2.05) is 12.1 Å². The lowest BCUT2D eigenvalue weighted by Crippen LogP contribution is -2.08. The van der Waals surface area contributed by atoms with Crippen molar-refractivity contribution in [1.82, 2.24) is 5.32 Å². The first-order valence-electron chi connectivity index (χ1n) is 4.75. The summed E-state index contributed by atoms with van der Waals surface area (Å²) >= 11 is 0. The van der Waals surface area contributed by atoms with Crippen molar-refractivity contribution in [1.29, 1.82) is 0 Å². The van der Waals surface area contributed by atoms with Gasteiger partial charge in [0.2, 0.25) is 0 Å². The monoisotopic (exact) mass is 213 g/mol. The maximum absolute atomic E-state index is 5.33. The van der Waals surface area contributed by atoms with Gasteiger partial charge in [0.05, 0.1) is 7.11 Å². The molecule has 14 heavy (non-hydrogen) atoms. The summed E-state index contributed by atoms with van der Waals surface area (Å²) in [4.78, 5) is 0. The zero-order valence-corrected chi connectivity index (χ0v) is 9.14. The molecule has 2 nitrogen and oxygen atoms in total. The molecular weight excluding hydrogens is 198 g/mol. The van der Waals surface area contributed by atoms with Crippen molar-refractivity contribution < 1.29 is 4.74 Å². The highest BCUT2D eigenvalue weighted by atomic mass is 35.5. The number of para-hydroxylation sites is 1. The van der Waals surface area contributed by atoms with E-state index >= 15 is 0 Å². The number of hydrogen-bond donors (Lipinski definition) is 1. The SMILES string of the molecule is COc1ccccc1[C@H]1CCNC1.Cl. The van der Waals surface area contributed by atoms with E-state index in [0.717, 1.165) is 18.8 Å². The first-order valence-corrected chi connectivity index (χ1v) is 4.75. The highest BCUT2D eigenvalue weighted by Gasteiger charge is 2.19. The molecule has 2 rings (SSSR count). The Morgan fingerprint density at radius 2 is 2.14 bits per heavy atom. The van der Waals surface area contributed by atoms with Crippen molar-refractivity contribution >= 4 is 12.4 Å². The summed E-state index contributed by atoms with van der Waals surface area (Å²) in [7, 11) is 1.74. The van der Waals surface area contributed by atoms with Gasteiger partial charge < -0.3 is 10.1 Å². The second-order valence-corrected chi connectivity index (χ2v) is 3.43. The van der Waals surface area contributed by atoms with Crippen molar-refractivity contribution in [2.24, 2.45) is 0 Å². The Morgan fingerprint density at radius 3 is 2.79 bits per heavy atom. The Balaban J connectivity index is 0.000000980. The van der Waals surface area contributed by atoms with Crippen LogP contribution in [0.15, 0.2) is 24.3 Å². The second kappa shape index (κ2) is 5.23. The number of methoxy groups -OCH3 is 1. The van der Waals surface area contributed by atoms with Gasteiger partial charge in [-0.25, -0.2) is 0 Å². The fourth-order valence-corrected chi connectivity index (χ4v) is 1.92. The minimum atomic E-state index is 0. The van der Waals surface area contributed by atoms with Crippen molar-refractivity contribution in [3.8, 4) is 5.75 Å². The number of benzene rings is 1. The smallest absolute Gasteiger partial charge is 0.122 e. The van der Waals surface area contributed by atoms with Gasteiger partial charge in [-0.15, -0.1) is 12.4 Å². The lowest BCUT2D eigenvalue weighted by molar-refractivity contribution is 0.406. The van der Waals surface area contributed by atoms with E-state index in [2.05, 4.69) is 17.4 Å². The standard InChI is InChI=1S/C11H15NO.ClH/c1-13-11-5-3-2-4-10(11)9-6-7-12-8-9;/h2-5,9,12H,6-8H2,1H3;1H/t9-;/m0./s1. The van der Waals surface area contributed by atoms with Crippen LogP contribution in [-0.4, -0.2) is 20.2 Å². The van der Waals surface area contributed by atoms with Crippen LogP contribution in [0.4, 0.5) is 0 Å². The molecule has 1 saturated heterocycles. The van der Waals surface area contributed by atoms with Crippen molar-refractivity contribution in [2.45, 2.75) is 12.3 Å². The molecule has 1 atom stereocenters. The van der Waals surface area contributed by atoms with Gasteiger partial charge in [0.25, 0.3) is 0 Å². The summed E-state index contributed by atoms with van der Waals surface area (Å²) in [5.41, 5.74) is 1.34. The molecule has 1 N–H and O–H groups in total. The van der Waals surface area contributed by atoms with E-state index in [0.29, 0.717) is 5.92 Å². The highest BCUT2D eigenvalue weighted by Crippen LogP contribution is 2.29. The van der Waals surface area contributed by atoms with Crippen LogP contribution in [0.25, 0.3) is 0 Å². The lowest BCUT2D eigenvalue weighted by Gasteiger charge is -2.12. The van der Waals surface area contributed by atoms with E-state index in [-0.39, 0.29) is 12.4 Å². The molecule has 0 unspecified atom stereocenters. The van der Waals surface area contributed by atoms with Crippen LogP contribution in [0, 0.1) is 0 Å². The molecule has 1 aliphatic rings. The number of nitrogens with one attached hydrogen (secondary N) is 1. The number of hydrogen-bond acceptors (Lipinski definition) is 2. The second-order valence-electron chi connectivity index (χ2n) is 3.43. The van der Waals surface area contributed by atoms with Gasteiger partial charge in [-0.05, 0) is 24.6 Å². The Kier molecular flexibility index (Phi) is 4.23. The summed E-state index contributed by atoms with van der Waals surface area (Å²) in [6, 6.07) is 8.30. The Morgan fingerprint density at radius 1 is 1.36 bits per heavy atom. The molecule has 0 spiro atoms. The normalized spacial score (nSPS) is 20.2. The van der Waals surface area contributed by atoms with E-state index < -0.39 is 0 Å². The molecule has 0 saturated carbocycles. The molecule has 1 heterocycles. The summed E-state index contributed by atoms with van der Waals surface area (Å²) in [5.74, 6) is 1.66. The van der Waals surface area contributed by atoms with E-state index in [1.54, 1.807) is 7.11 Å². The van der Waals surface area contributed by atoms with Gasteiger partial charge in [-0.3, -0.25) is 0 Å². The largest absolute Gasteiger partial charge is 0.496 e. The molecule has 1 fully saturated rings. The Labute approximate surface area is 91.1 Å². The van der Waals surface area contributed by atoms with E-state index in [4.69, 9.17) is 4.74 Å². The molecule has 1 aromatic rings. The minimum absolute atomic E-state index is 0. The van der Waals surface area contributed by atoms with Gasteiger partial charge in [-0.1, -0.05) is 18.2 Å². The maximum Gasteiger partial charge on any atom is 0.122 e. The topological polar surface area (TPSA) is 21.3 Å². The third-order valence-corrected chi connectivity index (χ3v) is 2.64. The first kappa shape index (κ1) is 11.3. The quantitative estimate of drug-likeness (QED) is 0.814. The average molecular weight is 214 g/mol. The van der Waals surface area contributed by atoms with Crippen molar-refractivity contribution in [3.05, 3.63) is 29.8 Å². The molecule has 0 aromatic heterocycles. The summed E-state index contributed by atoms with van der Waals surface area (Å²) < 4.78 is 5.33. The van der Waals surface area contributed by atoms with E-state index in [9.17, 15) is 0 Å². The average Bonchev–Trinajstić information content (AvgIpc) is 2.70. The highest BCUT2D eigenvalue weighted by molar-refractivity contribution is 5.85. The van der Waals surface area contributed by atoms with Crippen LogP contribution in [0.5, 0.6) is 5.75 Å². The van der Waals surface area contributed by atoms with E-state index in [1.165, 1.54) is 12.0 Å². The van der Waals surface area contributed by atoms with Gasteiger partial charge in [0.15, 0.2) is 0 Å². The Bertz CT molecular complexity index is 284. The molecule has 1 aliphatic heterocycles. The van der Waals surface area contributed by atoms with Crippen LogP contribution in [0.3, 0.4) is 0 Å². The molecular formula is C11H16ClNO. The van der Waals surface area contributed by atoms with Crippen LogP contribution in [-0.2, 0) is 0 Å². The maximum atomic E-state index is 5.33. The lowest BCUT2D eigenvalue weighted by atomic mass is 9.97. The minimum Gasteiger partial charge on any atom is -0.496 e. The molecule has 78 valence electrons. The zero-order chi connectivity index (χ0) is 9.10. The van der Waals surface area contributed by atoms with Crippen molar-refractivity contribution in [2.75, 3.05) is 20.2 Å². The summed E-state index contributed by atoms with van der Waals surface area (Å²) in [5, 5.41) is 3.37. The van der Waals surface area contributed by atoms with Gasteiger partial charge in [0.1, 0.15) is 5.75 Å². The molecule has 0 bridgehead atoms. The van der Waals surface area contributed by atoms with Gasteiger partial charge in [0, 0.05) is 12.5 Å². The Hall–Kier alpha value is -0.730. The number of rotatable bonds is 2. The van der Waals surface area contributed by atoms with Crippen LogP contribution >= 0.6 is 12.4 Å². The van der Waals surface area contributed by atoms with Crippen LogP contribution in [0.2, 0.25) is 0 Å². The first-order chi connectivity index (χ1) is 6.42. The predicted molar refractivity (Wildman–Crippen MR) is 60.5 cm³/mol. The van der Waals surface area contributed by atoms with Gasteiger partial charge in [-0.2, -0.15) is 0 Å². The number of ether oxygens (including phenoxy) is 1. The zero-order valence-electron chi connectivity index (χ0n) is 8.32. The number of halogens is 1. The fraction of sp³-hybridized carbons (Fsp3) is 0.455. The summed E-state index contributed by atoms with van der Waals surface area (Å²) in [6.07, 6.45) is 1.22. The predicted octanol–water partition coefficient (Wildman–Crippen LogP) is 2.19. The van der Waals surface area contributed by atoms with Gasteiger partial charge >= 0.3 is 0 Å². The molecule has 0 amide bonds. The molecule has 1 aromatic carbocycles. The third-order valence-electron chi connectivity index (χ3n) is 2.64. The van der Waals surface area contributed by atoms with Crippen LogP contribution in [0.1, 0.15) is 17.9 Å². The van der Waals surface area contributed by atoms with Crippen molar-refractivity contribution in [3.63, 3.8) is 0 Å². The molecule has 0 radical (unpaired) electrons. The third kappa shape index (κ3) is 2.20. The summed E-state index contributed by atoms with van der Waals surface area (Å²) in [6.45, 7) is 2.21. The van der Waals surface area contributed by atoms with Crippen LogP contribution < -0.4 is 10.1 Å².